The van der Waals surface area contributed by atoms with Gasteiger partial charge in [0.25, 0.3) is 5.91 Å². The number of aromatic nitrogens is 1. The van der Waals surface area contributed by atoms with E-state index in [1.807, 2.05) is 47.5 Å². The van der Waals surface area contributed by atoms with Crippen LogP contribution in [-0.4, -0.2) is 66.7 Å². The molecule has 0 bridgehead atoms. The van der Waals surface area contributed by atoms with Crippen LogP contribution in [0.1, 0.15) is 35.3 Å². The summed E-state index contributed by atoms with van der Waals surface area (Å²) in [6, 6.07) is 13.7. The zero-order valence-corrected chi connectivity index (χ0v) is 17.7. The van der Waals surface area contributed by atoms with E-state index in [1.54, 1.807) is 7.11 Å². The van der Waals surface area contributed by atoms with Gasteiger partial charge in [0.15, 0.2) is 0 Å². The number of nitrogens with zero attached hydrogens (tertiary/aromatic N) is 3. The molecule has 4 rings (SSSR count). The van der Waals surface area contributed by atoms with Crippen LogP contribution in [0.25, 0.3) is 0 Å². The minimum atomic E-state index is 0.0665. The third kappa shape index (κ3) is 5.18. The number of hydrogen-bond acceptors (Lipinski definition) is 5. The fraction of sp³-hybridized carbons (Fsp3) is 0.500. The standard InChI is InChI=1S/C24H31N3O3/c1-29-18-19-9-15-27(16-19)24(28)22-7-2-3-8-23(22)30-21-10-13-26(14-11-21)17-20-6-4-5-12-25-20/h2-8,12,19,21H,9-11,13-18H2,1H3/t19-/m1/s1. The van der Waals surface area contributed by atoms with E-state index in [0.29, 0.717) is 23.8 Å². The summed E-state index contributed by atoms with van der Waals surface area (Å²) in [5.41, 5.74) is 1.77. The first kappa shape index (κ1) is 20.8. The van der Waals surface area contributed by atoms with Crippen LogP contribution in [0.5, 0.6) is 5.75 Å². The fourth-order valence-electron chi connectivity index (χ4n) is 4.39. The Kier molecular flexibility index (Phi) is 6.97. The summed E-state index contributed by atoms with van der Waals surface area (Å²) in [7, 11) is 1.72. The Balaban J connectivity index is 1.33. The van der Waals surface area contributed by atoms with Crippen molar-refractivity contribution in [3.05, 3.63) is 59.9 Å². The van der Waals surface area contributed by atoms with E-state index >= 15 is 0 Å². The molecule has 1 aromatic carbocycles. The Bertz CT molecular complexity index is 821. The third-order valence-electron chi connectivity index (χ3n) is 6.03. The predicted octanol–water partition coefficient (Wildman–Crippen LogP) is 3.23. The summed E-state index contributed by atoms with van der Waals surface area (Å²) in [4.78, 5) is 21.9. The molecule has 6 heteroatoms. The van der Waals surface area contributed by atoms with E-state index in [4.69, 9.17) is 9.47 Å². The van der Waals surface area contributed by atoms with Crippen LogP contribution >= 0.6 is 0 Å². The van der Waals surface area contributed by atoms with Gasteiger partial charge >= 0.3 is 0 Å². The lowest BCUT2D eigenvalue weighted by atomic mass is 10.1. The van der Waals surface area contributed by atoms with E-state index in [9.17, 15) is 4.79 Å². The number of methoxy groups -OCH3 is 1. The van der Waals surface area contributed by atoms with Crippen molar-refractivity contribution in [2.45, 2.75) is 31.9 Å². The zero-order valence-electron chi connectivity index (χ0n) is 17.7. The maximum atomic E-state index is 13.1. The van der Waals surface area contributed by atoms with E-state index in [-0.39, 0.29) is 12.0 Å². The Morgan fingerprint density at radius 2 is 1.87 bits per heavy atom. The van der Waals surface area contributed by atoms with Crippen LogP contribution in [0.15, 0.2) is 48.7 Å². The van der Waals surface area contributed by atoms with Gasteiger partial charge in [0.1, 0.15) is 11.9 Å². The summed E-state index contributed by atoms with van der Waals surface area (Å²) < 4.78 is 11.6. The van der Waals surface area contributed by atoms with Gasteiger partial charge in [0.2, 0.25) is 0 Å². The summed E-state index contributed by atoms with van der Waals surface area (Å²) in [5, 5.41) is 0. The van der Waals surface area contributed by atoms with Crippen molar-refractivity contribution in [3.63, 3.8) is 0 Å². The Hall–Kier alpha value is -2.44. The molecular formula is C24H31N3O3. The second-order valence-corrected chi connectivity index (χ2v) is 8.27. The minimum Gasteiger partial charge on any atom is -0.489 e. The van der Waals surface area contributed by atoms with E-state index in [2.05, 4.69) is 16.0 Å². The number of carbonyl (C=O) groups is 1. The Morgan fingerprint density at radius 3 is 2.63 bits per heavy atom. The quantitative estimate of drug-likeness (QED) is 0.703. The van der Waals surface area contributed by atoms with Gasteiger partial charge in [-0.05, 0) is 43.5 Å². The topological polar surface area (TPSA) is 54.9 Å². The first-order chi connectivity index (χ1) is 14.7. The van der Waals surface area contributed by atoms with Crippen molar-refractivity contribution in [2.24, 2.45) is 5.92 Å². The third-order valence-corrected chi connectivity index (χ3v) is 6.03. The second-order valence-electron chi connectivity index (χ2n) is 8.27. The zero-order chi connectivity index (χ0) is 20.8. The molecule has 1 atom stereocenters. The summed E-state index contributed by atoms with van der Waals surface area (Å²) in [6.07, 6.45) is 4.89. The molecule has 0 aliphatic carbocycles. The molecule has 0 unspecified atom stereocenters. The molecule has 160 valence electrons. The van der Waals surface area contributed by atoms with Crippen LogP contribution in [0.4, 0.5) is 0 Å². The Labute approximate surface area is 178 Å². The molecule has 2 fully saturated rings. The van der Waals surface area contributed by atoms with Crippen molar-refractivity contribution in [3.8, 4) is 5.75 Å². The maximum Gasteiger partial charge on any atom is 0.257 e. The molecule has 1 aromatic heterocycles. The van der Waals surface area contributed by atoms with Crippen molar-refractivity contribution < 1.29 is 14.3 Å². The summed E-state index contributed by atoms with van der Waals surface area (Å²) >= 11 is 0. The molecule has 30 heavy (non-hydrogen) atoms. The molecule has 2 aliphatic heterocycles. The number of benzene rings is 1. The molecule has 3 heterocycles. The highest BCUT2D eigenvalue weighted by atomic mass is 16.5. The number of likely N-dealkylation sites (tertiary alicyclic amines) is 2. The monoisotopic (exact) mass is 409 g/mol. The van der Waals surface area contributed by atoms with Crippen molar-refractivity contribution in [1.29, 1.82) is 0 Å². The smallest absolute Gasteiger partial charge is 0.257 e. The SMILES string of the molecule is COC[C@@H]1CCN(C(=O)c2ccccc2OC2CCN(Cc3ccccn3)CC2)C1. The van der Waals surface area contributed by atoms with Gasteiger partial charge in [-0.25, -0.2) is 0 Å². The van der Waals surface area contributed by atoms with Crippen LogP contribution in [0.2, 0.25) is 0 Å². The van der Waals surface area contributed by atoms with Gasteiger partial charge in [0.05, 0.1) is 17.9 Å². The van der Waals surface area contributed by atoms with Crippen molar-refractivity contribution in [1.82, 2.24) is 14.8 Å². The normalized spacial score (nSPS) is 20.4. The summed E-state index contributed by atoms with van der Waals surface area (Å²) in [6.45, 7) is 5.07. The lowest BCUT2D eigenvalue weighted by Crippen LogP contribution is -2.38. The maximum absolute atomic E-state index is 13.1. The molecule has 1 amide bonds. The number of amides is 1. The van der Waals surface area contributed by atoms with Gasteiger partial charge in [-0.15, -0.1) is 0 Å². The molecular weight excluding hydrogens is 378 g/mol. The van der Waals surface area contributed by atoms with Gasteiger partial charge < -0.3 is 14.4 Å². The largest absolute Gasteiger partial charge is 0.489 e. The highest BCUT2D eigenvalue weighted by Crippen LogP contribution is 2.27. The lowest BCUT2D eigenvalue weighted by Gasteiger charge is -2.32. The molecule has 2 saturated heterocycles. The van der Waals surface area contributed by atoms with E-state index in [0.717, 1.165) is 57.7 Å². The average molecular weight is 410 g/mol. The minimum absolute atomic E-state index is 0.0665. The summed E-state index contributed by atoms with van der Waals surface area (Å²) in [5.74, 6) is 1.20. The molecule has 0 N–H and O–H groups in total. The average Bonchev–Trinajstić information content (AvgIpc) is 3.25. The van der Waals surface area contributed by atoms with E-state index < -0.39 is 0 Å². The highest BCUT2D eigenvalue weighted by Gasteiger charge is 2.29. The second kappa shape index (κ2) is 10.0. The fourth-order valence-corrected chi connectivity index (χ4v) is 4.39. The van der Waals surface area contributed by atoms with Gasteiger partial charge in [-0.1, -0.05) is 18.2 Å². The van der Waals surface area contributed by atoms with Gasteiger partial charge in [-0.3, -0.25) is 14.7 Å². The number of carbonyl (C=O) groups excluding carboxylic acids is 1. The van der Waals surface area contributed by atoms with Crippen LogP contribution in [0.3, 0.4) is 0 Å². The first-order valence-corrected chi connectivity index (χ1v) is 10.9. The number of piperidine rings is 1. The first-order valence-electron chi connectivity index (χ1n) is 10.9. The van der Waals surface area contributed by atoms with Crippen molar-refractivity contribution >= 4 is 5.91 Å². The number of rotatable bonds is 7. The molecule has 0 radical (unpaired) electrons. The van der Waals surface area contributed by atoms with Crippen LogP contribution in [-0.2, 0) is 11.3 Å². The molecule has 2 aliphatic rings. The molecule has 6 nitrogen and oxygen atoms in total. The predicted molar refractivity (Wildman–Crippen MR) is 115 cm³/mol. The number of ether oxygens (including phenoxy) is 2. The number of pyridine rings is 1. The molecule has 0 spiro atoms. The van der Waals surface area contributed by atoms with Gasteiger partial charge in [-0.2, -0.15) is 0 Å². The van der Waals surface area contributed by atoms with Crippen LogP contribution in [0, 0.1) is 5.92 Å². The number of hydrogen-bond donors (Lipinski definition) is 0. The number of para-hydroxylation sites is 1. The molecule has 0 saturated carbocycles. The lowest BCUT2D eigenvalue weighted by molar-refractivity contribution is 0.0749. The highest BCUT2D eigenvalue weighted by molar-refractivity contribution is 5.97. The van der Waals surface area contributed by atoms with Gasteiger partial charge in [0, 0.05) is 51.9 Å². The Morgan fingerprint density at radius 1 is 1.07 bits per heavy atom. The van der Waals surface area contributed by atoms with E-state index in [1.165, 1.54) is 0 Å². The van der Waals surface area contributed by atoms with Crippen molar-refractivity contribution in [2.75, 3.05) is 39.9 Å². The van der Waals surface area contributed by atoms with Crippen LogP contribution < -0.4 is 4.74 Å². The molecule has 2 aromatic rings.